The molecule has 93 heavy (non-hydrogen) atoms. The zero-order chi connectivity index (χ0) is 64.7. The van der Waals surface area contributed by atoms with Gasteiger partial charge in [0.25, 0.3) is 0 Å². The first-order valence-corrected chi connectivity index (χ1v) is 35.4. The summed E-state index contributed by atoms with van der Waals surface area (Å²) in [5.74, 6) is 7.61. The first kappa shape index (κ1) is 69.0. The maximum Gasteiger partial charge on any atom is 0.228 e. The normalized spacial score (nSPS) is 11.0. The summed E-state index contributed by atoms with van der Waals surface area (Å²) >= 11 is 15.0. The number of rotatable bonds is 41. The molecule has 15 N–H and O–H groups in total. The van der Waals surface area contributed by atoms with Gasteiger partial charge >= 0.3 is 0 Å². The molecule has 6 heterocycles. The van der Waals surface area contributed by atoms with Crippen molar-refractivity contribution in [2.24, 2.45) is 5.73 Å². The molecule has 31 nitrogen and oxygen atoms in total. The van der Waals surface area contributed by atoms with E-state index in [9.17, 15) is 0 Å². The highest BCUT2D eigenvalue weighted by atomic mass is 35.5. The Balaban J connectivity index is 0.782. The molecule has 6 aromatic heterocycles. The highest BCUT2D eigenvalue weighted by molar-refractivity contribution is 8.00. The van der Waals surface area contributed by atoms with Crippen LogP contribution in [0, 0.1) is 0 Å². The maximum absolute atomic E-state index is 6.16. The predicted octanol–water partition coefficient (Wildman–Crippen LogP) is 7.95. The number of nitrogens with two attached hydrogens (primary N) is 2. The third kappa shape index (κ3) is 24.6. The minimum atomic E-state index is 0.151. The van der Waals surface area contributed by atoms with E-state index in [0.29, 0.717) is 186 Å². The number of nitrogens with one attached hydrogen (secondary N) is 11. The minimum Gasteiger partial charge on any atom is -0.368 e. The van der Waals surface area contributed by atoms with Crippen LogP contribution >= 0.6 is 82.2 Å². The second-order valence-electron chi connectivity index (χ2n) is 18.7. The van der Waals surface area contributed by atoms with Gasteiger partial charge in [0, 0.05) is 99.1 Å². The molecular formula is C55H70ClN31S6. The Morgan fingerprint density at radius 2 is 0.581 bits per heavy atom. The van der Waals surface area contributed by atoms with E-state index in [1.807, 2.05) is 106 Å². The molecule has 0 amide bonds. The lowest BCUT2D eigenvalue weighted by Crippen LogP contribution is -2.21. The number of hydrogen-bond donors (Lipinski definition) is 13. The summed E-state index contributed by atoms with van der Waals surface area (Å²) in [7, 11) is 0. The average molecular weight is 1390 g/mol. The molecule has 3 aromatic carbocycles. The van der Waals surface area contributed by atoms with Gasteiger partial charge in [-0.3, -0.25) is 0 Å². The molecule has 0 aliphatic heterocycles. The molecular weight excluding hydrogens is 1320 g/mol. The van der Waals surface area contributed by atoms with Crippen LogP contribution in [0.2, 0.25) is 5.02 Å². The number of anilines is 12. The SMILES string of the molecule is CCSc1nc(N)nc(NCCNc2nc(NCCNc3nc(NCCNc4nc(NCCNc5nc(NCCNc6nc(NCCN)nc(SCC)n6)nc(Sc6ccccc6)n5)nc(SCC)n4)nc(Sc4ccccc4)n3)nc(SCc3ccc(Cl)cc3)n2)n1. The van der Waals surface area contributed by atoms with Gasteiger partial charge in [0.2, 0.25) is 71.4 Å². The van der Waals surface area contributed by atoms with Crippen LogP contribution in [0.15, 0.2) is 126 Å². The Bertz CT molecular complexity index is 3730. The lowest BCUT2D eigenvalue weighted by atomic mass is 10.2. The smallest absolute Gasteiger partial charge is 0.228 e. The van der Waals surface area contributed by atoms with E-state index in [1.54, 1.807) is 0 Å². The fourth-order valence-corrected chi connectivity index (χ4v) is 11.7. The molecule has 38 heteroatoms. The van der Waals surface area contributed by atoms with E-state index in [2.05, 4.69) is 108 Å². The van der Waals surface area contributed by atoms with Gasteiger partial charge in [0.05, 0.1) is 0 Å². The third-order valence-corrected chi connectivity index (χ3v) is 16.7. The molecule has 9 aromatic rings. The highest BCUT2D eigenvalue weighted by Gasteiger charge is 2.15. The van der Waals surface area contributed by atoms with Gasteiger partial charge in [-0.15, -0.1) is 0 Å². The molecule has 0 fully saturated rings. The molecule has 488 valence electrons. The summed E-state index contributed by atoms with van der Waals surface area (Å²) in [6.45, 7) is 11.5. The number of thioether (sulfide) groups is 4. The van der Waals surface area contributed by atoms with E-state index in [4.69, 9.17) is 62.9 Å². The van der Waals surface area contributed by atoms with Crippen molar-refractivity contribution >= 4 is 154 Å². The van der Waals surface area contributed by atoms with Gasteiger partial charge in [-0.05, 0) is 82.7 Å². The van der Waals surface area contributed by atoms with Crippen LogP contribution in [-0.2, 0) is 5.75 Å². The first-order chi connectivity index (χ1) is 45.6. The molecule has 0 atom stereocenters. The van der Waals surface area contributed by atoms with Crippen molar-refractivity contribution in [3.05, 3.63) is 95.5 Å². The number of aromatic nitrogens is 18. The van der Waals surface area contributed by atoms with Crippen molar-refractivity contribution in [3.8, 4) is 0 Å². The van der Waals surface area contributed by atoms with Crippen LogP contribution in [-0.4, -0.2) is 186 Å². The zero-order valence-electron chi connectivity index (χ0n) is 50.9. The number of nitrogen functional groups attached to an aromatic ring is 1. The molecule has 9 rings (SSSR count). The lowest BCUT2D eigenvalue weighted by molar-refractivity contribution is 0.861. The van der Waals surface area contributed by atoms with Crippen LogP contribution in [0.4, 0.5) is 71.4 Å². The molecule has 0 aliphatic carbocycles. The zero-order valence-corrected chi connectivity index (χ0v) is 56.6. The summed E-state index contributed by atoms with van der Waals surface area (Å²) in [5, 5.41) is 40.2. The second kappa shape index (κ2) is 38.0. The fourth-order valence-electron chi connectivity index (χ4n) is 7.60. The molecule has 0 spiro atoms. The van der Waals surface area contributed by atoms with Gasteiger partial charge in [-0.25, -0.2) is 0 Å². The number of halogens is 1. The van der Waals surface area contributed by atoms with Gasteiger partial charge in [-0.2, -0.15) is 89.7 Å². The molecule has 0 radical (unpaired) electrons. The van der Waals surface area contributed by atoms with Crippen LogP contribution in [0.3, 0.4) is 0 Å². The lowest BCUT2D eigenvalue weighted by Gasteiger charge is -2.13. The summed E-state index contributed by atoms with van der Waals surface area (Å²) in [4.78, 5) is 84.8. The van der Waals surface area contributed by atoms with Crippen LogP contribution in [0.25, 0.3) is 0 Å². The van der Waals surface area contributed by atoms with Crippen molar-refractivity contribution in [1.82, 2.24) is 89.7 Å². The summed E-state index contributed by atoms with van der Waals surface area (Å²) in [5.41, 5.74) is 12.7. The predicted molar refractivity (Wildman–Crippen MR) is 377 cm³/mol. The summed E-state index contributed by atoms with van der Waals surface area (Å²) in [6.07, 6.45) is 0. The van der Waals surface area contributed by atoms with Gasteiger partial charge in [-0.1, -0.05) is 128 Å². The Kier molecular flexibility index (Phi) is 28.2. The Labute approximate surface area is 568 Å². The number of benzene rings is 3. The maximum atomic E-state index is 6.16. The first-order valence-electron chi connectivity index (χ1n) is 29.5. The van der Waals surface area contributed by atoms with Crippen LogP contribution in [0.5, 0.6) is 0 Å². The number of hydrogen-bond acceptors (Lipinski definition) is 37. The molecule has 0 unspecified atom stereocenters. The van der Waals surface area contributed by atoms with E-state index in [1.165, 1.54) is 70.6 Å². The van der Waals surface area contributed by atoms with E-state index in [-0.39, 0.29) is 5.95 Å². The average Bonchev–Trinajstić information content (AvgIpc) is 2.51. The second-order valence-corrected chi connectivity index (χ2v) is 25.8. The minimum absolute atomic E-state index is 0.151. The van der Waals surface area contributed by atoms with Gasteiger partial charge < -0.3 is 70.0 Å². The summed E-state index contributed by atoms with van der Waals surface area (Å²) < 4.78 is 0. The molecule has 0 saturated heterocycles. The van der Waals surface area contributed by atoms with Crippen molar-refractivity contribution in [2.45, 2.75) is 67.3 Å². The Hall–Kier alpha value is -8.33. The molecule has 0 aliphatic rings. The van der Waals surface area contributed by atoms with Crippen molar-refractivity contribution in [3.63, 3.8) is 0 Å². The van der Waals surface area contributed by atoms with E-state index in [0.717, 1.165) is 32.6 Å². The topological polar surface area (TPSA) is 416 Å². The third-order valence-electron chi connectivity index (χ3n) is 11.6. The van der Waals surface area contributed by atoms with E-state index >= 15 is 0 Å². The van der Waals surface area contributed by atoms with Crippen molar-refractivity contribution in [2.75, 3.05) is 160 Å². The number of nitrogens with zero attached hydrogens (tertiary/aromatic N) is 18. The van der Waals surface area contributed by atoms with Crippen LogP contribution in [0.1, 0.15) is 26.3 Å². The quantitative estimate of drug-likeness (QED) is 0.0128. The standard InChI is InChI=1S/C55H70ClN31S6/c1-4-88-50-71-38(58)70-39(77-50)60-23-24-64-44-74-45(83-53(82-44)91-33-34-17-19-35(56)20-18-34)65-28-32-69-49-76-48(86-55(87-49)93-37-15-11-8-12-16-37)68-31-27-63-43-73-42(80-52(81-43)90-6-3)62-26-30-67-47-75-46(84-54(85-47)92-36-13-9-7-10-14-36)66-29-25-61-41-72-40(59-22-21-57)78-51(79-41)89-5-2/h7-20H,4-6,21-33,57H2,1-3H3,(H3,58,60,70,71,77)(H2,59,61,72,78,79)(H2,62,63,73,80,81)(H2,64,65,74,82,83)(H2,66,67,75,84,85)(H2,68,69,76,86,87). The van der Waals surface area contributed by atoms with Crippen molar-refractivity contribution < 1.29 is 0 Å². The monoisotopic (exact) mass is 1390 g/mol. The molecule has 0 bridgehead atoms. The Morgan fingerprint density at radius 1 is 0.312 bits per heavy atom. The van der Waals surface area contributed by atoms with Gasteiger partial charge in [0.15, 0.2) is 30.9 Å². The Morgan fingerprint density at radius 3 is 0.882 bits per heavy atom. The van der Waals surface area contributed by atoms with Crippen LogP contribution < -0.4 is 70.0 Å². The largest absolute Gasteiger partial charge is 0.368 e. The van der Waals surface area contributed by atoms with Crippen molar-refractivity contribution in [1.29, 1.82) is 0 Å². The highest BCUT2D eigenvalue weighted by Crippen LogP contribution is 2.28. The summed E-state index contributed by atoms with van der Waals surface area (Å²) in [6, 6.07) is 27.5. The fraction of sp³-hybridized carbons (Fsp3) is 0.345. The van der Waals surface area contributed by atoms with E-state index < -0.39 is 0 Å². The molecule has 0 saturated carbocycles. The van der Waals surface area contributed by atoms with Gasteiger partial charge in [0.1, 0.15) is 0 Å².